The topological polar surface area (TPSA) is 50.2 Å². The summed E-state index contributed by atoms with van der Waals surface area (Å²) in [5.41, 5.74) is 1.29. The lowest BCUT2D eigenvalue weighted by atomic mass is 9.81. The first-order chi connectivity index (χ1) is 9.15. The van der Waals surface area contributed by atoms with Gasteiger partial charge in [-0.05, 0) is 32.2 Å². The van der Waals surface area contributed by atoms with E-state index in [1.165, 1.54) is 12.0 Å². The smallest absolute Gasteiger partial charge is 0.220 e. The van der Waals surface area contributed by atoms with E-state index in [4.69, 9.17) is 0 Å². The number of amides is 1. The van der Waals surface area contributed by atoms with Gasteiger partial charge in [0.15, 0.2) is 0 Å². The maximum Gasteiger partial charge on any atom is 0.220 e. The van der Waals surface area contributed by atoms with Crippen LogP contribution in [0.3, 0.4) is 0 Å². The van der Waals surface area contributed by atoms with Gasteiger partial charge in [0.25, 0.3) is 0 Å². The SMILES string of the molecule is Cn1cc(CN2CCCC3(CCCC(=O)N3)C2)cn1. The Hall–Kier alpha value is -1.36. The number of aromatic nitrogens is 2. The molecule has 0 aromatic carbocycles. The van der Waals surface area contributed by atoms with Crippen molar-refractivity contribution < 1.29 is 4.79 Å². The number of nitrogens with zero attached hydrogens (tertiary/aromatic N) is 3. The van der Waals surface area contributed by atoms with Gasteiger partial charge in [-0.25, -0.2) is 0 Å². The number of nitrogens with one attached hydrogen (secondary N) is 1. The van der Waals surface area contributed by atoms with Crippen LogP contribution in [0.15, 0.2) is 12.4 Å². The Morgan fingerprint density at radius 2 is 2.26 bits per heavy atom. The fraction of sp³-hybridized carbons (Fsp3) is 0.714. The molecule has 1 amide bonds. The second-order valence-electron chi connectivity index (χ2n) is 6.02. The first kappa shape index (κ1) is 12.7. The lowest BCUT2D eigenvalue weighted by Crippen LogP contribution is -2.60. The van der Waals surface area contributed by atoms with Crippen molar-refractivity contribution in [3.63, 3.8) is 0 Å². The van der Waals surface area contributed by atoms with Gasteiger partial charge in [0.2, 0.25) is 5.91 Å². The van der Waals surface area contributed by atoms with Crippen molar-refractivity contribution >= 4 is 5.91 Å². The average Bonchev–Trinajstić information content (AvgIpc) is 2.74. The van der Waals surface area contributed by atoms with Crippen LogP contribution in [0.2, 0.25) is 0 Å². The Kier molecular flexibility index (Phi) is 3.31. The van der Waals surface area contributed by atoms with Gasteiger partial charge in [-0.3, -0.25) is 14.4 Å². The maximum absolute atomic E-state index is 11.7. The van der Waals surface area contributed by atoms with E-state index in [-0.39, 0.29) is 11.4 Å². The predicted octanol–water partition coefficient (Wildman–Crippen LogP) is 1.05. The molecule has 5 nitrogen and oxygen atoms in total. The van der Waals surface area contributed by atoms with Crippen LogP contribution in [0.25, 0.3) is 0 Å². The number of piperidine rings is 2. The second-order valence-corrected chi connectivity index (χ2v) is 6.02. The summed E-state index contributed by atoms with van der Waals surface area (Å²) < 4.78 is 1.84. The van der Waals surface area contributed by atoms with Crippen molar-refractivity contribution in [3.05, 3.63) is 18.0 Å². The van der Waals surface area contributed by atoms with Gasteiger partial charge in [-0.2, -0.15) is 5.10 Å². The van der Waals surface area contributed by atoms with E-state index >= 15 is 0 Å². The fourth-order valence-corrected chi connectivity index (χ4v) is 3.49. The van der Waals surface area contributed by atoms with Crippen LogP contribution in [0.5, 0.6) is 0 Å². The first-order valence-corrected chi connectivity index (χ1v) is 7.16. The quantitative estimate of drug-likeness (QED) is 0.867. The van der Waals surface area contributed by atoms with Crippen molar-refractivity contribution in [1.82, 2.24) is 20.0 Å². The lowest BCUT2D eigenvalue weighted by molar-refractivity contribution is -0.126. The minimum absolute atomic E-state index is 0.0375. The van der Waals surface area contributed by atoms with E-state index in [1.807, 2.05) is 17.9 Å². The van der Waals surface area contributed by atoms with Gasteiger partial charge < -0.3 is 5.32 Å². The Labute approximate surface area is 114 Å². The molecule has 2 aliphatic heterocycles. The first-order valence-electron chi connectivity index (χ1n) is 7.16. The molecule has 1 spiro atoms. The minimum atomic E-state index is 0.0375. The summed E-state index contributed by atoms with van der Waals surface area (Å²) in [6, 6.07) is 0. The van der Waals surface area contributed by atoms with Gasteiger partial charge in [0.05, 0.1) is 11.7 Å². The van der Waals surface area contributed by atoms with Crippen molar-refractivity contribution in [3.8, 4) is 0 Å². The highest BCUT2D eigenvalue weighted by Crippen LogP contribution is 2.30. The van der Waals surface area contributed by atoms with Crippen LogP contribution >= 0.6 is 0 Å². The molecule has 2 fully saturated rings. The van der Waals surface area contributed by atoms with Crippen molar-refractivity contribution in [2.75, 3.05) is 13.1 Å². The molecule has 1 atom stereocenters. The van der Waals surface area contributed by atoms with E-state index in [1.54, 1.807) is 0 Å². The predicted molar refractivity (Wildman–Crippen MR) is 72.4 cm³/mol. The third-order valence-corrected chi connectivity index (χ3v) is 4.28. The largest absolute Gasteiger partial charge is 0.349 e. The number of carbonyl (C=O) groups is 1. The molecule has 3 heterocycles. The van der Waals surface area contributed by atoms with Crippen molar-refractivity contribution in [1.29, 1.82) is 0 Å². The van der Waals surface area contributed by atoms with Gasteiger partial charge in [-0.1, -0.05) is 0 Å². The number of aryl methyl sites for hydroxylation is 1. The third kappa shape index (κ3) is 2.81. The molecule has 3 rings (SSSR count). The highest BCUT2D eigenvalue weighted by Gasteiger charge is 2.38. The summed E-state index contributed by atoms with van der Waals surface area (Å²) in [6.45, 7) is 3.03. The number of hydrogen-bond donors (Lipinski definition) is 1. The van der Waals surface area contributed by atoms with Gasteiger partial charge in [0, 0.05) is 38.3 Å². The van der Waals surface area contributed by atoms with Gasteiger partial charge in [-0.15, -0.1) is 0 Å². The molecular weight excluding hydrogens is 240 g/mol. The average molecular weight is 262 g/mol. The molecule has 2 aliphatic rings. The summed E-state index contributed by atoms with van der Waals surface area (Å²) >= 11 is 0. The second kappa shape index (κ2) is 4.96. The van der Waals surface area contributed by atoms with Crippen LogP contribution in [-0.4, -0.2) is 39.2 Å². The molecule has 0 aliphatic carbocycles. The fourth-order valence-electron chi connectivity index (χ4n) is 3.49. The number of hydrogen-bond acceptors (Lipinski definition) is 3. The summed E-state index contributed by atoms with van der Waals surface area (Å²) in [4.78, 5) is 14.1. The number of carbonyl (C=O) groups excluding carboxylic acids is 1. The highest BCUT2D eigenvalue weighted by molar-refractivity contribution is 5.77. The Bertz CT molecular complexity index is 466. The normalized spacial score (nSPS) is 28.6. The standard InChI is InChI=1S/C14H22N4O/c1-17-9-12(8-15-17)10-18-7-3-6-14(11-18)5-2-4-13(19)16-14/h8-9H,2-7,10-11H2,1H3,(H,16,19). The summed E-state index contributed by atoms with van der Waals surface area (Å²) in [5.74, 6) is 0.231. The zero-order chi connectivity index (χ0) is 13.3. The summed E-state index contributed by atoms with van der Waals surface area (Å²) in [5, 5.41) is 7.47. The van der Waals surface area contributed by atoms with Crippen molar-refractivity contribution in [2.45, 2.75) is 44.2 Å². The molecule has 2 saturated heterocycles. The minimum Gasteiger partial charge on any atom is -0.349 e. The molecular formula is C14H22N4O. The zero-order valence-corrected chi connectivity index (χ0v) is 11.6. The third-order valence-electron chi connectivity index (χ3n) is 4.28. The Balaban J connectivity index is 1.66. The molecule has 1 aromatic heterocycles. The highest BCUT2D eigenvalue weighted by atomic mass is 16.1. The molecule has 0 bridgehead atoms. The molecule has 5 heteroatoms. The Morgan fingerprint density at radius 1 is 1.42 bits per heavy atom. The van der Waals surface area contributed by atoms with Gasteiger partial charge >= 0.3 is 0 Å². The molecule has 1 N–H and O–H groups in total. The van der Waals surface area contributed by atoms with E-state index in [0.717, 1.165) is 38.9 Å². The summed E-state index contributed by atoms with van der Waals surface area (Å²) in [7, 11) is 1.95. The molecule has 104 valence electrons. The van der Waals surface area contributed by atoms with Crippen LogP contribution < -0.4 is 5.32 Å². The molecule has 19 heavy (non-hydrogen) atoms. The molecule has 1 unspecified atom stereocenters. The van der Waals surface area contributed by atoms with E-state index in [9.17, 15) is 4.79 Å². The summed E-state index contributed by atoms with van der Waals surface area (Å²) in [6.07, 6.45) is 9.16. The van der Waals surface area contributed by atoms with Crippen LogP contribution in [0.4, 0.5) is 0 Å². The van der Waals surface area contributed by atoms with E-state index in [0.29, 0.717) is 6.42 Å². The zero-order valence-electron chi connectivity index (χ0n) is 11.6. The molecule has 1 aromatic rings. The van der Waals surface area contributed by atoms with Crippen LogP contribution in [0, 0.1) is 0 Å². The number of likely N-dealkylation sites (tertiary alicyclic amines) is 1. The monoisotopic (exact) mass is 262 g/mol. The van der Waals surface area contributed by atoms with Gasteiger partial charge in [0.1, 0.15) is 0 Å². The maximum atomic E-state index is 11.7. The lowest BCUT2D eigenvalue weighted by Gasteiger charge is -2.45. The van der Waals surface area contributed by atoms with Crippen molar-refractivity contribution in [2.24, 2.45) is 7.05 Å². The van der Waals surface area contributed by atoms with Crippen LogP contribution in [0.1, 0.15) is 37.7 Å². The Morgan fingerprint density at radius 3 is 3.00 bits per heavy atom. The molecule has 0 saturated carbocycles. The van der Waals surface area contributed by atoms with E-state index < -0.39 is 0 Å². The van der Waals surface area contributed by atoms with E-state index in [2.05, 4.69) is 21.5 Å². The number of rotatable bonds is 2. The molecule has 0 radical (unpaired) electrons. The van der Waals surface area contributed by atoms with Crippen LogP contribution in [-0.2, 0) is 18.4 Å².